The quantitative estimate of drug-likeness (QED) is 0.188. The summed E-state index contributed by atoms with van der Waals surface area (Å²) in [5, 5.41) is 0. The first-order chi connectivity index (χ1) is 13.2. The summed E-state index contributed by atoms with van der Waals surface area (Å²) in [5.74, 6) is 0.0628. The van der Waals surface area contributed by atoms with Gasteiger partial charge in [0, 0.05) is 5.92 Å². The van der Waals surface area contributed by atoms with Gasteiger partial charge in [0.2, 0.25) is 5.91 Å². The highest BCUT2D eigenvalue weighted by Crippen LogP contribution is 2.19. The topological polar surface area (TPSA) is 43.1 Å². The molecule has 1 atom stereocenters. The SMILES string of the molecule is CCCCCCCCCCCCCCC(CCCCCCCCC)C(N)=O. The lowest BCUT2D eigenvalue weighted by atomic mass is 9.93. The first-order valence-electron chi connectivity index (χ1n) is 12.5. The van der Waals surface area contributed by atoms with Gasteiger partial charge in [-0.2, -0.15) is 0 Å². The summed E-state index contributed by atoms with van der Waals surface area (Å²) in [6.07, 6.45) is 27.6. The highest BCUT2D eigenvalue weighted by atomic mass is 16.1. The number of amides is 1. The fourth-order valence-corrected chi connectivity index (χ4v) is 4.01. The van der Waals surface area contributed by atoms with Crippen molar-refractivity contribution in [2.24, 2.45) is 11.7 Å². The van der Waals surface area contributed by atoms with Crippen molar-refractivity contribution < 1.29 is 4.79 Å². The Kier molecular flexibility index (Phi) is 21.3. The minimum absolute atomic E-state index is 0.0657. The third-order valence-electron chi connectivity index (χ3n) is 5.96. The van der Waals surface area contributed by atoms with Crippen molar-refractivity contribution >= 4 is 5.91 Å². The van der Waals surface area contributed by atoms with Gasteiger partial charge in [0.05, 0.1) is 0 Å². The van der Waals surface area contributed by atoms with Crippen LogP contribution in [-0.2, 0) is 4.79 Å². The molecule has 0 aliphatic heterocycles. The van der Waals surface area contributed by atoms with Crippen LogP contribution in [0.25, 0.3) is 0 Å². The number of carbonyl (C=O) groups is 1. The normalized spacial score (nSPS) is 12.4. The number of hydrogen-bond donors (Lipinski definition) is 1. The van der Waals surface area contributed by atoms with E-state index in [1.54, 1.807) is 0 Å². The lowest BCUT2D eigenvalue weighted by Crippen LogP contribution is -2.23. The zero-order chi connectivity index (χ0) is 20.0. The van der Waals surface area contributed by atoms with Crippen LogP contribution in [0, 0.1) is 5.92 Å². The van der Waals surface area contributed by atoms with Crippen LogP contribution in [0.5, 0.6) is 0 Å². The van der Waals surface area contributed by atoms with Crippen molar-refractivity contribution in [3.63, 3.8) is 0 Å². The first-order valence-corrected chi connectivity index (χ1v) is 12.5. The second kappa shape index (κ2) is 21.8. The standard InChI is InChI=1S/C25H51NO/c1-3-5-7-9-11-12-13-14-15-17-19-21-23-24(25(26)27)22-20-18-16-10-8-6-4-2/h24H,3-23H2,1-2H3,(H2,26,27). The van der Waals surface area contributed by atoms with Gasteiger partial charge in [-0.25, -0.2) is 0 Å². The molecule has 0 fully saturated rings. The zero-order valence-corrected chi connectivity index (χ0v) is 18.9. The third kappa shape index (κ3) is 20.0. The highest BCUT2D eigenvalue weighted by Gasteiger charge is 2.14. The van der Waals surface area contributed by atoms with Gasteiger partial charge in [-0.05, 0) is 12.8 Å². The zero-order valence-electron chi connectivity index (χ0n) is 18.9. The van der Waals surface area contributed by atoms with E-state index in [1.165, 1.54) is 122 Å². The molecule has 0 aromatic carbocycles. The van der Waals surface area contributed by atoms with E-state index in [2.05, 4.69) is 13.8 Å². The van der Waals surface area contributed by atoms with Crippen LogP contribution in [0.15, 0.2) is 0 Å². The molecule has 0 aliphatic carbocycles. The Morgan fingerprint density at radius 3 is 1.04 bits per heavy atom. The number of primary amides is 1. The predicted octanol–water partition coefficient (Wildman–Crippen LogP) is 8.32. The molecular formula is C25H51NO. The van der Waals surface area contributed by atoms with Crippen molar-refractivity contribution in [3.05, 3.63) is 0 Å². The maximum absolute atomic E-state index is 11.7. The molecule has 2 N–H and O–H groups in total. The summed E-state index contributed by atoms with van der Waals surface area (Å²) in [6.45, 7) is 4.54. The van der Waals surface area contributed by atoms with E-state index >= 15 is 0 Å². The lowest BCUT2D eigenvalue weighted by Gasteiger charge is -2.13. The van der Waals surface area contributed by atoms with Crippen molar-refractivity contribution in [1.29, 1.82) is 0 Å². The summed E-state index contributed by atoms with van der Waals surface area (Å²) >= 11 is 0. The van der Waals surface area contributed by atoms with Crippen LogP contribution in [0.4, 0.5) is 0 Å². The van der Waals surface area contributed by atoms with E-state index in [9.17, 15) is 4.79 Å². The largest absolute Gasteiger partial charge is 0.369 e. The van der Waals surface area contributed by atoms with Gasteiger partial charge in [-0.3, -0.25) is 4.79 Å². The van der Waals surface area contributed by atoms with Crippen LogP contribution < -0.4 is 5.73 Å². The molecule has 0 spiro atoms. The average Bonchev–Trinajstić information content (AvgIpc) is 2.66. The van der Waals surface area contributed by atoms with Crippen LogP contribution in [0.1, 0.15) is 149 Å². The predicted molar refractivity (Wildman–Crippen MR) is 121 cm³/mol. The molecule has 1 amide bonds. The van der Waals surface area contributed by atoms with Crippen LogP contribution in [0.2, 0.25) is 0 Å². The minimum atomic E-state index is -0.0657. The maximum atomic E-state index is 11.7. The Morgan fingerprint density at radius 1 is 0.519 bits per heavy atom. The smallest absolute Gasteiger partial charge is 0.220 e. The van der Waals surface area contributed by atoms with E-state index in [0.717, 1.165) is 12.8 Å². The third-order valence-corrected chi connectivity index (χ3v) is 5.96. The van der Waals surface area contributed by atoms with Gasteiger partial charge in [-0.1, -0.05) is 136 Å². The van der Waals surface area contributed by atoms with Gasteiger partial charge in [0.25, 0.3) is 0 Å². The Hall–Kier alpha value is -0.530. The maximum Gasteiger partial charge on any atom is 0.220 e. The molecule has 0 bridgehead atoms. The summed E-state index contributed by atoms with van der Waals surface area (Å²) in [4.78, 5) is 11.7. The molecular weight excluding hydrogens is 330 g/mol. The molecule has 0 aromatic heterocycles. The molecule has 0 heterocycles. The Bertz CT molecular complexity index is 303. The van der Waals surface area contributed by atoms with E-state index in [4.69, 9.17) is 5.73 Å². The van der Waals surface area contributed by atoms with Gasteiger partial charge >= 0.3 is 0 Å². The van der Waals surface area contributed by atoms with E-state index in [-0.39, 0.29) is 11.8 Å². The van der Waals surface area contributed by atoms with E-state index in [0.29, 0.717) is 0 Å². The molecule has 0 aromatic rings. The van der Waals surface area contributed by atoms with Crippen molar-refractivity contribution in [2.45, 2.75) is 149 Å². The molecule has 27 heavy (non-hydrogen) atoms. The lowest BCUT2D eigenvalue weighted by molar-refractivity contribution is -0.122. The van der Waals surface area contributed by atoms with Gasteiger partial charge in [0.15, 0.2) is 0 Å². The summed E-state index contributed by atoms with van der Waals surface area (Å²) in [5.41, 5.74) is 5.62. The number of nitrogens with two attached hydrogens (primary N) is 1. The summed E-state index contributed by atoms with van der Waals surface area (Å²) < 4.78 is 0. The number of unbranched alkanes of at least 4 members (excludes halogenated alkanes) is 17. The Balaban J connectivity index is 3.43. The van der Waals surface area contributed by atoms with Crippen molar-refractivity contribution in [2.75, 3.05) is 0 Å². The number of carbonyl (C=O) groups excluding carboxylic acids is 1. The molecule has 0 radical (unpaired) electrons. The minimum Gasteiger partial charge on any atom is -0.369 e. The fourth-order valence-electron chi connectivity index (χ4n) is 4.01. The van der Waals surface area contributed by atoms with Gasteiger partial charge in [-0.15, -0.1) is 0 Å². The van der Waals surface area contributed by atoms with E-state index < -0.39 is 0 Å². The molecule has 0 saturated carbocycles. The molecule has 2 heteroatoms. The van der Waals surface area contributed by atoms with Crippen molar-refractivity contribution in [1.82, 2.24) is 0 Å². The van der Waals surface area contributed by atoms with E-state index in [1.807, 2.05) is 0 Å². The van der Waals surface area contributed by atoms with Crippen LogP contribution >= 0.6 is 0 Å². The Labute approximate surface area is 171 Å². The fraction of sp³-hybridized carbons (Fsp3) is 0.960. The van der Waals surface area contributed by atoms with Crippen LogP contribution in [0.3, 0.4) is 0 Å². The first kappa shape index (κ1) is 26.5. The number of hydrogen-bond acceptors (Lipinski definition) is 1. The molecule has 162 valence electrons. The van der Waals surface area contributed by atoms with Gasteiger partial charge in [0.1, 0.15) is 0 Å². The molecule has 0 rings (SSSR count). The summed E-state index contributed by atoms with van der Waals surface area (Å²) in [7, 11) is 0. The van der Waals surface area contributed by atoms with Gasteiger partial charge < -0.3 is 5.73 Å². The number of rotatable bonds is 22. The molecule has 0 aliphatic rings. The average molecular weight is 382 g/mol. The molecule has 2 nitrogen and oxygen atoms in total. The second-order valence-electron chi connectivity index (χ2n) is 8.69. The summed E-state index contributed by atoms with van der Waals surface area (Å²) in [6, 6.07) is 0. The molecule has 1 unspecified atom stereocenters. The monoisotopic (exact) mass is 381 g/mol. The molecule has 0 saturated heterocycles. The van der Waals surface area contributed by atoms with Crippen molar-refractivity contribution in [3.8, 4) is 0 Å². The second-order valence-corrected chi connectivity index (χ2v) is 8.69. The van der Waals surface area contributed by atoms with Crippen LogP contribution in [-0.4, -0.2) is 5.91 Å². The Morgan fingerprint density at radius 2 is 0.778 bits per heavy atom. The highest BCUT2D eigenvalue weighted by molar-refractivity contribution is 5.76.